The molecule has 0 radical (unpaired) electrons. The Kier molecular flexibility index (Phi) is 7.32. The number of hydrogen-bond acceptors (Lipinski definition) is 6. The molecule has 1 aliphatic carbocycles. The molecule has 1 aliphatic heterocycles. The third kappa shape index (κ3) is 6.12. The molecule has 10 heteroatoms. The van der Waals surface area contributed by atoms with E-state index in [2.05, 4.69) is 5.48 Å². The molecule has 3 amide bonds. The van der Waals surface area contributed by atoms with Gasteiger partial charge in [0.25, 0.3) is 11.8 Å². The Morgan fingerprint density at radius 3 is 2.63 bits per heavy atom. The Bertz CT molecular complexity index is 1090. The van der Waals surface area contributed by atoms with Gasteiger partial charge in [-0.25, -0.2) is 10.3 Å². The van der Waals surface area contributed by atoms with Gasteiger partial charge >= 0.3 is 6.09 Å². The number of carbonyl (C=O) groups excluding carboxylic acids is 3. The van der Waals surface area contributed by atoms with Gasteiger partial charge in [-0.15, -0.1) is 0 Å². The molecule has 2 heterocycles. The summed E-state index contributed by atoms with van der Waals surface area (Å²) in [6.07, 6.45) is 2.61. The second-order valence-corrected chi connectivity index (χ2v) is 10.0. The predicted octanol–water partition coefficient (Wildman–Crippen LogP) is 2.45. The van der Waals surface area contributed by atoms with E-state index in [-0.39, 0.29) is 37.6 Å². The van der Waals surface area contributed by atoms with Crippen LogP contribution in [0.5, 0.6) is 0 Å². The van der Waals surface area contributed by atoms with Crippen LogP contribution in [0.2, 0.25) is 0 Å². The molecule has 2 fully saturated rings. The summed E-state index contributed by atoms with van der Waals surface area (Å²) in [6, 6.07) is 7.94. The van der Waals surface area contributed by atoms with Gasteiger partial charge in [0.1, 0.15) is 12.1 Å². The van der Waals surface area contributed by atoms with Crippen LogP contribution in [-0.4, -0.2) is 76.8 Å². The molecular formula is C25H34N4O6. The van der Waals surface area contributed by atoms with Gasteiger partial charge in [0.2, 0.25) is 0 Å². The van der Waals surface area contributed by atoms with Crippen molar-refractivity contribution in [1.82, 2.24) is 19.8 Å². The van der Waals surface area contributed by atoms with Gasteiger partial charge in [0.05, 0.1) is 20.3 Å². The number of benzene rings is 1. The molecule has 4 rings (SSSR count). The molecule has 1 N–H and O–H groups in total. The summed E-state index contributed by atoms with van der Waals surface area (Å²) in [5, 5.41) is 0.983. The van der Waals surface area contributed by atoms with Crippen LogP contribution in [0, 0.1) is 0 Å². The zero-order chi connectivity index (χ0) is 25.2. The molecule has 2 aromatic rings. The van der Waals surface area contributed by atoms with Crippen LogP contribution in [0.25, 0.3) is 10.9 Å². The van der Waals surface area contributed by atoms with Crippen LogP contribution in [0.1, 0.15) is 39.2 Å². The summed E-state index contributed by atoms with van der Waals surface area (Å²) in [5.41, 5.74) is 3.59. The maximum Gasteiger partial charge on any atom is 0.410 e. The van der Waals surface area contributed by atoms with E-state index >= 15 is 0 Å². The molecule has 1 saturated carbocycles. The van der Waals surface area contributed by atoms with Crippen molar-refractivity contribution in [2.45, 2.75) is 64.4 Å². The smallest absolute Gasteiger partial charge is 0.410 e. The number of carbonyl (C=O) groups is 3. The van der Waals surface area contributed by atoms with E-state index in [1.165, 1.54) is 7.11 Å². The lowest BCUT2D eigenvalue weighted by atomic mass is 10.1. The molecule has 1 unspecified atom stereocenters. The van der Waals surface area contributed by atoms with Crippen molar-refractivity contribution in [3.8, 4) is 0 Å². The zero-order valence-electron chi connectivity index (χ0n) is 20.8. The number of rotatable bonds is 7. The number of ether oxygens (including phenoxy) is 2. The summed E-state index contributed by atoms with van der Waals surface area (Å²) < 4.78 is 13.1. The largest absolute Gasteiger partial charge is 0.444 e. The summed E-state index contributed by atoms with van der Waals surface area (Å²) in [5.74, 6) is -0.400. The normalized spacial score (nSPS) is 18.4. The third-order valence-electron chi connectivity index (χ3n) is 6.01. The number of hydrogen-bond donors (Lipinski definition) is 1. The molecule has 2 aliphatic rings. The third-order valence-corrected chi connectivity index (χ3v) is 6.01. The fraction of sp³-hybridized carbons (Fsp3) is 0.560. The van der Waals surface area contributed by atoms with Crippen molar-refractivity contribution in [3.05, 3.63) is 36.0 Å². The first-order valence-corrected chi connectivity index (χ1v) is 11.9. The zero-order valence-corrected chi connectivity index (χ0v) is 20.8. The molecule has 0 spiro atoms. The van der Waals surface area contributed by atoms with E-state index in [0.717, 1.165) is 29.3 Å². The highest BCUT2D eigenvalue weighted by atomic mass is 16.6. The van der Waals surface area contributed by atoms with Crippen molar-refractivity contribution in [2.24, 2.45) is 0 Å². The van der Waals surface area contributed by atoms with Gasteiger partial charge in [0, 0.05) is 36.2 Å². The molecular weight excluding hydrogens is 452 g/mol. The highest BCUT2D eigenvalue weighted by molar-refractivity contribution is 5.87. The van der Waals surface area contributed by atoms with Gasteiger partial charge in [-0.05, 0) is 45.2 Å². The van der Waals surface area contributed by atoms with E-state index in [1.54, 1.807) is 4.90 Å². The number of amides is 3. The van der Waals surface area contributed by atoms with Crippen molar-refractivity contribution in [1.29, 1.82) is 0 Å². The van der Waals surface area contributed by atoms with Crippen LogP contribution in [-0.2, 0) is 37.0 Å². The van der Waals surface area contributed by atoms with Crippen molar-refractivity contribution in [2.75, 3.05) is 26.8 Å². The highest BCUT2D eigenvalue weighted by Gasteiger charge is 2.39. The topological polar surface area (TPSA) is 102 Å². The highest BCUT2D eigenvalue weighted by Crippen LogP contribution is 2.32. The fourth-order valence-corrected chi connectivity index (χ4v) is 4.31. The van der Waals surface area contributed by atoms with E-state index in [4.69, 9.17) is 14.3 Å². The maximum atomic E-state index is 13.6. The van der Waals surface area contributed by atoms with Crippen LogP contribution in [0.4, 0.5) is 4.79 Å². The first kappa shape index (κ1) is 25.0. The summed E-state index contributed by atoms with van der Waals surface area (Å²) >= 11 is 0. The number of fused-ring (bicyclic) bond motifs is 1. The SMILES string of the molecule is CONC(=O)Cn1cc(CN(C(=O)C2CN(C(=O)OC(C)(C)C)CCO2)C2CC2)c2ccccc21. The standard InChI is InChI=1S/C25H34N4O6/c1-25(2,3)35-24(32)27-11-12-34-21(15-27)23(31)29(18-9-10-18)14-17-13-28(16-22(30)26-33-4)20-8-6-5-7-19(17)20/h5-8,13,18,21H,9-12,14-16H2,1-4H3,(H,26,30). The Labute approximate surface area is 205 Å². The van der Waals surface area contributed by atoms with Crippen LogP contribution < -0.4 is 5.48 Å². The number of aromatic nitrogens is 1. The lowest BCUT2D eigenvalue weighted by molar-refractivity contribution is -0.150. The average molecular weight is 487 g/mol. The molecule has 10 nitrogen and oxygen atoms in total. The number of hydroxylamine groups is 1. The average Bonchev–Trinajstić information content (AvgIpc) is 3.60. The molecule has 0 bridgehead atoms. The summed E-state index contributed by atoms with van der Waals surface area (Å²) in [6.45, 7) is 6.78. The minimum absolute atomic E-state index is 0.0995. The van der Waals surface area contributed by atoms with Gasteiger partial charge in [0.15, 0.2) is 6.10 Å². The van der Waals surface area contributed by atoms with Gasteiger partial charge in [-0.3, -0.25) is 14.4 Å². The van der Waals surface area contributed by atoms with Crippen molar-refractivity contribution >= 4 is 28.8 Å². The monoisotopic (exact) mass is 486 g/mol. The summed E-state index contributed by atoms with van der Waals surface area (Å²) in [4.78, 5) is 46.4. The van der Waals surface area contributed by atoms with Crippen molar-refractivity contribution < 1.29 is 28.7 Å². The first-order chi connectivity index (χ1) is 16.7. The molecule has 190 valence electrons. The second kappa shape index (κ2) is 10.2. The van der Waals surface area contributed by atoms with Gasteiger partial charge < -0.3 is 23.8 Å². The van der Waals surface area contributed by atoms with Crippen LogP contribution in [0.15, 0.2) is 30.5 Å². The van der Waals surface area contributed by atoms with Gasteiger partial charge in [-0.1, -0.05) is 18.2 Å². The van der Waals surface area contributed by atoms with Gasteiger partial charge in [-0.2, -0.15) is 0 Å². The summed E-state index contributed by atoms with van der Waals surface area (Å²) in [7, 11) is 1.40. The van der Waals surface area contributed by atoms with Crippen LogP contribution in [0.3, 0.4) is 0 Å². The fourth-order valence-electron chi connectivity index (χ4n) is 4.31. The minimum atomic E-state index is -0.738. The Balaban J connectivity index is 1.51. The second-order valence-electron chi connectivity index (χ2n) is 10.0. The molecule has 35 heavy (non-hydrogen) atoms. The number of morpholine rings is 1. The van der Waals surface area contributed by atoms with E-state index in [0.29, 0.717) is 13.1 Å². The molecule has 1 saturated heterocycles. The predicted molar refractivity (Wildman–Crippen MR) is 128 cm³/mol. The maximum absolute atomic E-state index is 13.6. The number of nitrogens with zero attached hydrogens (tertiary/aromatic N) is 3. The van der Waals surface area contributed by atoms with E-state index in [9.17, 15) is 14.4 Å². The first-order valence-electron chi connectivity index (χ1n) is 11.9. The Morgan fingerprint density at radius 1 is 1.20 bits per heavy atom. The number of para-hydroxylation sites is 1. The quantitative estimate of drug-likeness (QED) is 0.603. The molecule has 1 aromatic heterocycles. The molecule has 1 atom stereocenters. The lowest BCUT2D eigenvalue weighted by Gasteiger charge is -2.35. The lowest BCUT2D eigenvalue weighted by Crippen LogP contribution is -2.53. The van der Waals surface area contributed by atoms with E-state index < -0.39 is 17.8 Å². The Morgan fingerprint density at radius 2 is 1.94 bits per heavy atom. The van der Waals surface area contributed by atoms with E-state index in [1.807, 2.05) is 60.7 Å². The van der Waals surface area contributed by atoms with Crippen LogP contribution >= 0.6 is 0 Å². The number of nitrogens with one attached hydrogen (secondary N) is 1. The minimum Gasteiger partial charge on any atom is -0.444 e. The Hall–Kier alpha value is -3.11. The van der Waals surface area contributed by atoms with Crippen molar-refractivity contribution in [3.63, 3.8) is 0 Å². The molecule has 1 aromatic carbocycles.